The molecule has 0 unspecified atom stereocenters. The summed E-state index contributed by atoms with van der Waals surface area (Å²) in [5, 5.41) is 4.07. The van der Waals surface area contributed by atoms with Gasteiger partial charge in [0.15, 0.2) is 15.7 Å². The van der Waals surface area contributed by atoms with Gasteiger partial charge < -0.3 is 10.3 Å². The number of benzene rings is 2. The number of aryl methyl sites for hydroxylation is 1. The highest BCUT2D eigenvalue weighted by atomic mass is 35.5. The number of sulfone groups is 1. The second-order valence-electron chi connectivity index (χ2n) is 7.56. The standard InChI is InChI=1S/C21H23N3O3S.ClH/c1-15-4-10-18(11-5-15)28(25,26)14-16-6-8-17(9-7-16)19-23-20(24-27-19)21(22)12-2-3-13-21;/h4-11H,2-3,12-14,22H2,1H3;1H. The van der Waals surface area contributed by atoms with Crippen LogP contribution in [0.2, 0.25) is 0 Å². The molecule has 4 rings (SSSR count). The quantitative estimate of drug-likeness (QED) is 0.648. The molecule has 8 heteroatoms. The Morgan fingerprint density at radius 2 is 1.66 bits per heavy atom. The Morgan fingerprint density at radius 3 is 2.28 bits per heavy atom. The molecular weight excluding hydrogens is 410 g/mol. The summed E-state index contributed by atoms with van der Waals surface area (Å²) in [7, 11) is -3.39. The molecule has 1 aliphatic rings. The number of nitrogens with two attached hydrogens (primary N) is 1. The number of halogens is 1. The largest absolute Gasteiger partial charge is 0.334 e. The average Bonchev–Trinajstić information content (AvgIpc) is 3.33. The van der Waals surface area contributed by atoms with Crippen LogP contribution in [0, 0.1) is 6.92 Å². The SMILES string of the molecule is Cc1ccc(S(=O)(=O)Cc2ccc(-c3nc(C4(N)CCCC4)no3)cc2)cc1.Cl. The molecule has 1 aliphatic carbocycles. The highest BCUT2D eigenvalue weighted by Gasteiger charge is 2.36. The van der Waals surface area contributed by atoms with E-state index < -0.39 is 15.4 Å². The van der Waals surface area contributed by atoms with Gasteiger partial charge in [0.05, 0.1) is 16.2 Å². The maximum absolute atomic E-state index is 12.6. The van der Waals surface area contributed by atoms with Crippen LogP contribution in [0.3, 0.4) is 0 Å². The zero-order valence-electron chi connectivity index (χ0n) is 16.2. The molecule has 3 aromatic rings. The van der Waals surface area contributed by atoms with E-state index in [1.165, 1.54) is 0 Å². The molecule has 0 amide bonds. The molecule has 6 nitrogen and oxygen atoms in total. The van der Waals surface area contributed by atoms with Crippen LogP contribution in [-0.2, 0) is 21.1 Å². The molecule has 2 N–H and O–H groups in total. The molecule has 0 saturated heterocycles. The molecule has 0 atom stereocenters. The molecule has 0 aliphatic heterocycles. The van der Waals surface area contributed by atoms with Crippen molar-refractivity contribution in [2.24, 2.45) is 5.73 Å². The molecule has 154 valence electrons. The minimum Gasteiger partial charge on any atom is -0.334 e. The summed E-state index contributed by atoms with van der Waals surface area (Å²) < 4.78 is 30.6. The Bertz CT molecular complexity index is 1070. The minimum atomic E-state index is -3.39. The smallest absolute Gasteiger partial charge is 0.257 e. The van der Waals surface area contributed by atoms with Crippen molar-refractivity contribution in [3.8, 4) is 11.5 Å². The summed E-state index contributed by atoms with van der Waals surface area (Å²) in [5.41, 5.74) is 8.36. The van der Waals surface area contributed by atoms with Gasteiger partial charge in [-0.2, -0.15) is 4.98 Å². The highest BCUT2D eigenvalue weighted by Crippen LogP contribution is 2.35. The fourth-order valence-electron chi connectivity index (χ4n) is 3.56. The number of nitrogens with zero attached hydrogens (tertiary/aromatic N) is 2. The molecule has 0 bridgehead atoms. The van der Waals surface area contributed by atoms with E-state index in [0.717, 1.165) is 36.8 Å². The van der Waals surface area contributed by atoms with Gasteiger partial charge in [-0.15, -0.1) is 12.4 Å². The Morgan fingerprint density at radius 1 is 1.03 bits per heavy atom. The van der Waals surface area contributed by atoms with E-state index >= 15 is 0 Å². The number of rotatable bonds is 5. The Labute approximate surface area is 176 Å². The second kappa shape index (κ2) is 8.26. The minimum absolute atomic E-state index is 0. The van der Waals surface area contributed by atoms with Crippen LogP contribution in [-0.4, -0.2) is 18.6 Å². The van der Waals surface area contributed by atoms with Gasteiger partial charge in [-0.05, 0) is 49.6 Å². The number of hydrogen-bond donors (Lipinski definition) is 1. The predicted octanol–water partition coefficient (Wildman–Crippen LogP) is 4.17. The van der Waals surface area contributed by atoms with Crippen molar-refractivity contribution in [3.63, 3.8) is 0 Å². The van der Waals surface area contributed by atoms with Crippen molar-refractivity contribution >= 4 is 22.2 Å². The van der Waals surface area contributed by atoms with Crippen molar-refractivity contribution in [2.75, 3.05) is 0 Å². The van der Waals surface area contributed by atoms with Gasteiger partial charge in [0.2, 0.25) is 0 Å². The third-order valence-electron chi connectivity index (χ3n) is 5.30. The van der Waals surface area contributed by atoms with Crippen LogP contribution in [0.25, 0.3) is 11.5 Å². The maximum atomic E-state index is 12.6. The first-order valence-electron chi connectivity index (χ1n) is 9.38. The average molecular weight is 434 g/mol. The monoisotopic (exact) mass is 433 g/mol. The van der Waals surface area contributed by atoms with E-state index in [-0.39, 0.29) is 18.2 Å². The van der Waals surface area contributed by atoms with Gasteiger partial charge in [0.1, 0.15) is 0 Å². The van der Waals surface area contributed by atoms with Crippen LogP contribution in [0.15, 0.2) is 57.9 Å². The van der Waals surface area contributed by atoms with Gasteiger partial charge >= 0.3 is 0 Å². The van der Waals surface area contributed by atoms with Crippen LogP contribution in [0.4, 0.5) is 0 Å². The van der Waals surface area contributed by atoms with E-state index in [9.17, 15) is 8.42 Å². The summed E-state index contributed by atoms with van der Waals surface area (Å²) >= 11 is 0. The number of hydrogen-bond acceptors (Lipinski definition) is 6. The Hall–Kier alpha value is -2.22. The van der Waals surface area contributed by atoms with Crippen molar-refractivity contribution in [3.05, 3.63) is 65.5 Å². The zero-order chi connectivity index (χ0) is 19.8. The Kier molecular flexibility index (Phi) is 6.12. The first kappa shape index (κ1) is 21.5. The molecule has 2 aromatic carbocycles. The summed E-state index contributed by atoms with van der Waals surface area (Å²) in [5.74, 6) is 0.892. The normalized spacial score (nSPS) is 15.8. The lowest BCUT2D eigenvalue weighted by atomic mass is 9.99. The number of aromatic nitrogens is 2. The van der Waals surface area contributed by atoms with Gasteiger partial charge in [-0.1, -0.05) is 47.8 Å². The van der Waals surface area contributed by atoms with E-state index in [1.807, 2.05) is 6.92 Å². The molecule has 1 fully saturated rings. The van der Waals surface area contributed by atoms with Crippen molar-refractivity contribution in [2.45, 2.75) is 48.8 Å². The molecule has 0 radical (unpaired) electrons. The zero-order valence-corrected chi connectivity index (χ0v) is 17.8. The van der Waals surface area contributed by atoms with Gasteiger partial charge in [-0.25, -0.2) is 8.42 Å². The van der Waals surface area contributed by atoms with Crippen LogP contribution in [0.1, 0.15) is 42.6 Å². The van der Waals surface area contributed by atoms with Crippen molar-refractivity contribution in [1.82, 2.24) is 10.1 Å². The van der Waals surface area contributed by atoms with E-state index in [1.54, 1.807) is 48.5 Å². The first-order chi connectivity index (χ1) is 13.4. The summed E-state index contributed by atoms with van der Waals surface area (Å²) in [6.07, 6.45) is 3.87. The lowest BCUT2D eigenvalue weighted by Gasteiger charge is -2.17. The molecule has 1 heterocycles. The lowest BCUT2D eigenvalue weighted by molar-refractivity contribution is 0.372. The maximum Gasteiger partial charge on any atom is 0.257 e. The Balaban J connectivity index is 0.00000240. The fourth-order valence-corrected chi connectivity index (χ4v) is 4.91. The summed E-state index contributed by atoms with van der Waals surface area (Å²) in [4.78, 5) is 4.80. The lowest BCUT2D eigenvalue weighted by Crippen LogP contribution is -2.34. The molecule has 1 saturated carbocycles. The summed E-state index contributed by atoms with van der Waals surface area (Å²) in [6, 6.07) is 14.0. The van der Waals surface area contributed by atoms with E-state index in [0.29, 0.717) is 22.2 Å². The van der Waals surface area contributed by atoms with Gasteiger partial charge in [0, 0.05) is 5.56 Å². The second-order valence-corrected chi connectivity index (χ2v) is 9.55. The molecule has 1 aromatic heterocycles. The van der Waals surface area contributed by atoms with Crippen LogP contribution < -0.4 is 5.73 Å². The van der Waals surface area contributed by atoms with Gasteiger partial charge in [0.25, 0.3) is 5.89 Å². The van der Waals surface area contributed by atoms with Crippen LogP contribution in [0.5, 0.6) is 0 Å². The third kappa shape index (κ3) is 4.52. The van der Waals surface area contributed by atoms with E-state index in [4.69, 9.17) is 10.3 Å². The molecular formula is C21H24ClN3O3S. The topological polar surface area (TPSA) is 99.1 Å². The van der Waals surface area contributed by atoms with Crippen LogP contribution >= 0.6 is 12.4 Å². The van der Waals surface area contributed by atoms with Crippen molar-refractivity contribution < 1.29 is 12.9 Å². The molecule has 29 heavy (non-hydrogen) atoms. The third-order valence-corrected chi connectivity index (χ3v) is 7.01. The first-order valence-corrected chi connectivity index (χ1v) is 11.0. The highest BCUT2D eigenvalue weighted by molar-refractivity contribution is 7.90. The van der Waals surface area contributed by atoms with E-state index in [2.05, 4.69) is 10.1 Å². The molecule has 0 spiro atoms. The van der Waals surface area contributed by atoms with Gasteiger partial charge in [-0.3, -0.25) is 0 Å². The fraction of sp³-hybridized carbons (Fsp3) is 0.333. The van der Waals surface area contributed by atoms with Crippen molar-refractivity contribution in [1.29, 1.82) is 0 Å². The predicted molar refractivity (Wildman–Crippen MR) is 113 cm³/mol. The summed E-state index contributed by atoms with van der Waals surface area (Å²) in [6.45, 7) is 1.93.